The number of pyridine rings is 1. The normalized spacial score (nSPS) is 10.1. The molecule has 88 valence electrons. The first kappa shape index (κ1) is 12.8. The van der Waals surface area contributed by atoms with Crippen LogP contribution in [0.4, 0.5) is 5.69 Å². The van der Waals surface area contributed by atoms with Crippen LogP contribution in [0.1, 0.15) is 13.3 Å². The maximum Gasteiger partial charge on any atom is 0.239 e. The van der Waals surface area contributed by atoms with E-state index in [0.717, 1.165) is 6.42 Å². The van der Waals surface area contributed by atoms with E-state index in [0.29, 0.717) is 11.0 Å². The van der Waals surface area contributed by atoms with Crippen LogP contribution in [-0.4, -0.2) is 17.0 Å². The second-order valence-corrected chi connectivity index (χ2v) is 4.27. The lowest BCUT2D eigenvalue weighted by molar-refractivity contribution is -0.121. The van der Waals surface area contributed by atoms with Gasteiger partial charge in [-0.15, -0.1) is 0 Å². The zero-order chi connectivity index (χ0) is 12.1. The van der Waals surface area contributed by atoms with Gasteiger partial charge in [-0.2, -0.15) is 0 Å². The molecule has 1 rings (SSSR count). The summed E-state index contributed by atoms with van der Waals surface area (Å²) in [5.74, 6) is -0.100. The molecule has 0 unspecified atom stereocenters. The summed E-state index contributed by atoms with van der Waals surface area (Å²) in [7, 11) is 0. The molecule has 0 fully saturated rings. The number of nitrogen functional groups attached to an aromatic ring is 1. The highest BCUT2D eigenvalue weighted by atomic mass is 79.9. The Morgan fingerprint density at radius 2 is 2.25 bits per heavy atom. The highest BCUT2D eigenvalue weighted by molar-refractivity contribution is 9.10. The van der Waals surface area contributed by atoms with E-state index in [1.807, 2.05) is 6.92 Å². The summed E-state index contributed by atoms with van der Waals surface area (Å²) in [6.07, 6.45) is 3.89. The molecule has 0 aliphatic rings. The van der Waals surface area contributed by atoms with Gasteiger partial charge < -0.3 is 15.6 Å². The van der Waals surface area contributed by atoms with Gasteiger partial charge in [0.25, 0.3) is 0 Å². The largest absolute Gasteiger partial charge is 0.394 e. The topological polar surface area (TPSA) is 77.1 Å². The van der Waals surface area contributed by atoms with Crippen molar-refractivity contribution in [1.29, 1.82) is 0 Å². The molecule has 1 aromatic heterocycles. The average molecular weight is 288 g/mol. The number of carbonyl (C=O) groups excluding carboxylic acids is 1. The number of nitrogens with one attached hydrogen (secondary N) is 1. The van der Waals surface area contributed by atoms with Crippen molar-refractivity contribution >= 4 is 27.5 Å². The number of amides is 1. The van der Waals surface area contributed by atoms with Gasteiger partial charge in [-0.05, 0) is 22.4 Å². The van der Waals surface area contributed by atoms with Crippen molar-refractivity contribution in [2.24, 2.45) is 0 Å². The lowest BCUT2D eigenvalue weighted by atomic mass is 10.4. The van der Waals surface area contributed by atoms with E-state index < -0.39 is 0 Å². The number of rotatable bonds is 4. The van der Waals surface area contributed by atoms with Gasteiger partial charge in [0.05, 0.1) is 10.2 Å². The van der Waals surface area contributed by atoms with E-state index in [1.54, 1.807) is 10.8 Å². The summed E-state index contributed by atoms with van der Waals surface area (Å²) in [6, 6.07) is 0. The van der Waals surface area contributed by atoms with Gasteiger partial charge >= 0.3 is 0 Å². The zero-order valence-electron chi connectivity index (χ0n) is 9.00. The first-order chi connectivity index (χ1) is 7.54. The van der Waals surface area contributed by atoms with Crippen LogP contribution in [0.15, 0.2) is 21.7 Å². The van der Waals surface area contributed by atoms with Crippen LogP contribution >= 0.6 is 15.9 Å². The summed E-state index contributed by atoms with van der Waals surface area (Å²) in [5.41, 5.74) is 5.37. The Morgan fingerprint density at radius 1 is 1.56 bits per heavy atom. The molecule has 0 aliphatic heterocycles. The Bertz CT molecular complexity index is 416. The molecule has 0 aromatic carbocycles. The Labute approximate surface area is 102 Å². The minimum Gasteiger partial charge on any atom is -0.394 e. The first-order valence-corrected chi connectivity index (χ1v) is 5.75. The van der Waals surface area contributed by atoms with Crippen molar-refractivity contribution in [2.45, 2.75) is 19.9 Å². The smallest absolute Gasteiger partial charge is 0.239 e. The fourth-order valence-electron chi connectivity index (χ4n) is 1.19. The summed E-state index contributed by atoms with van der Waals surface area (Å²) in [5, 5.41) is 2.74. The molecule has 1 heterocycles. The number of aromatic nitrogens is 1. The standard InChI is InChI=1S/C10H14BrN3O2/c1-2-3-13-9(15)6-14-4-7(11)10(16)8(12)5-14/h4-5H,2-3,6,12H2,1H3,(H,13,15). The maximum absolute atomic E-state index is 11.4. The number of nitrogens with zero attached hydrogens (tertiary/aromatic N) is 1. The van der Waals surface area contributed by atoms with E-state index in [2.05, 4.69) is 21.2 Å². The van der Waals surface area contributed by atoms with Crippen LogP contribution in [-0.2, 0) is 11.3 Å². The van der Waals surface area contributed by atoms with Crippen molar-refractivity contribution in [1.82, 2.24) is 9.88 Å². The molecule has 0 spiro atoms. The highest BCUT2D eigenvalue weighted by Crippen LogP contribution is 2.05. The van der Waals surface area contributed by atoms with Crippen molar-refractivity contribution < 1.29 is 4.79 Å². The molecular formula is C10H14BrN3O2. The van der Waals surface area contributed by atoms with Gasteiger partial charge in [0.2, 0.25) is 11.3 Å². The van der Waals surface area contributed by atoms with Crippen LogP contribution in [0.5, 0.6) is 0 Å². The predicted octanol–water partition coefficient (Wildman–Crippen LogP) is 0.719. The lowest BCUT2D eigenvalue weighted by Gasteiger charge is -2.08. The maximum atomic E-state index is 11.4. The monoisotopic (exact) mass is 287 g/mol. The molecule has 0 atom stereocenters. The molecular weight excluding hydrogens is 274 g/mol. The number of carbonyl (C=O) groups is 1. The molecule has 0 radical (unpaired) electrons. The van der Waals surface area contributed by atoms with Crippen molar-refractivity contribution in [3.8, 4) is 0 Å². The molecule has 1 amide bonds. The molecule has 6 heteroatoms. The number of hydrogen-bond acceptors (Lipinski definition) is 3. The summed E-state index contributed by atoms with van der Waals surface area (Å²) >= 11 is 3.09. The zero-order valence-corrected chi connectivity index (χ0v) is 10.6. The number of anilines is 1. The van der Waals surface area contributed by atoms with Gasteiger partial charge in [0, 0.05) is 18.9 Å². The Hall–Kier alpha value is -1.30. The van der Waals surface area contributed by atoms with Crippen LogP contribution in [0.25, 0.3) is 0 Å². The van der Waals surface area contributed by atoms with Crippen molar-refractivity contribution in [2.75, 3.05) is 12.3 Å². The molecule has 0 bridgehead atoms. The second-order valence-electron chi connectivity index (χ2n) is 3.41. The molecule has 16 heavy (non-hydrogen) atoms. The van der Waals surface area contributed by atoms with E-state index in [1.165, 1.54) is 6.20 Å². The first-order valence-electron chi connectivity index (χ1n) is 4.96. The number of hydrogen-bond donors (Lipinski definition) is 2. The molecule has 5 nitrogen and oxygen atoms in total. The Balaban J connectivity index is 2.75. The summed E-state index contributed by atoms with van der Waals surface area (Å²) in [6.45, 7) is 2.78. The quantitative estimate of drug-likeness (QED) is 0.857. The number of halogens is 1. The Morgan fingerprint density at radius 3 is 2.81 bits per heavy atom. The average Bonchev–Trinajstić information content (AvgIpc) is 2.23. The van der Waals surface area contributed by atoms with E-state index >= 15 is 0 Å². The third-order valence-electron chi connectivity index (χ3n) is 1.96. The third kappa shape index (κ3) is 3.37. The molecule has 0 saturated heterocycles. The van der Waals surface area contributed by atoms with Gasteiger partial charge in [-0.3, -0.25) is 9.59 Å². The fourth-order valence-corrected chi connectivity index (χ4v) is 1.69. The van der Waals surface area contributed by atoms with Gasteiger partial charge in [-0.1, -0.05) is 6.92 Å². The van der Waals surface area contributed by atoms with Crippen molar-refractivity contribution in [3.63, 3.8) is 0 Å². The second kappa shape index (κ2) is 5.69. The summed E-state index contributed by atoms with van der Waals surface area (Å²) < 4.78 is 1.93. The van der Waals surface area contributed by atoms with Gasteiger partial charge in [0.15, 0.2) is 0 Å². The molecule has 3 N–H and O–H groups in total. The minimum absolute atomic E-state index is 0.100. The van der Waals surface area contributed by atoms with Crippen LogP contribution < -0.4 is 16.5 Å². The molecule has 1 aromatic rings. The lowest BCUT2D eigenvalue weighted by Crippen LogP contribution is -2.28. The highest BCUT2D eigenvalue weighted by Gasteiger charge is 2.05. The van der Waals surface area contributed by atoms with Crippen molar-refractivity contribution in [3.05, 3.63) is 27.1 Å². The Kier molecular flexibility index (Phi) is 4.54. The van der Waals surface area contributed by atoms with Crippen LogP contribution in [0, 0.1) is 0 Å². The van der Waals surface area contributed by atoms with Crippen LogP contribution in [0.3, 0.4) is 0 Å². The number of nitrogens with two attached hydrogens (primary N) is 1. The molecule has 0 aliphatic carbocycles. The predicted molar refractivity (Wildman–Crippen MR) is 66.1 cm³/mol. The van der Waals surface area contributed by atoms with Gasteiger partial charge in [-0.25, -0.2) is 0 Å². The molecule has 0 saturated carbocycles. The summed E-state index contributed by atoms with van der Waals surface area (Å²) in [4.78, 5) is 22.7. The minimum atomic E-state index is -0.259. The van der Waals surface area contributed by atoms with E-state index in [-0.39, 0.29) is 23.6 Å². The third-order valence-corrected chi connectivity index (χ3v) is 2.53. The SMILES string of the molecule is CCCNC(=O)Cn1cc(N)c(=O)c(Br)c1. The van der Waals surface area contributed by atoms with E-state index in [9.17, 15) is 9.59 Å². The van der Waals surface area contributed by atoms with Gasteiger partial charge in [0.1, 0.15) is 6.54 Å². The fraction of sp³-hybridized carbons (Fsp3) is 0.400. The van der Waals surface area contributed by atoms with Crippen LogP contribution in [0.2, 0.25) is 0 Å². The van der Waals surface area contributed by atoms with E-state index in [4.69, 9.17) is 5.73 Å².